The number of halogens is 2. The molecule has 0 fully saturated rings. The van der Waals surface area contributed by atoms with E-state index in [0.29, 0.717) is 13.0 Å². The van der Waals surface area contributed by atoms with Crippen molar-refractivity contribution in [2.45, 2.75) is 32.9 Å². The second-order valence-corrected chi connectivity index (χ2v) is 7.74. The summed E-state index contributed by atoms with van der Waals surface area (Å²) in [6, 6.07) is 12.7. The number of aromatic nitrogens is 2. The lowest BCUT2D eigenvalue weighted by Crippen LogP contribution is -2.42. The summed E-state index contributed by atoms with van der Waals surface area (Å²) in [5.41, 5.74) is 5.39. The van der Waals surface area contributed by atoms with Crippen LogP contribution in [0.4, 0.5) is 15.9 Å². The SMILES string of the molecule is CCCCn1c(N)c(N(Cc2ccccc2)C(=O)COc2ccc(F)c(Cl)c2)c(=O)[nH]c1=O. The van der Waals surface area contributed by atoms with Crippen LogP contribution in [0.15, 0.2) is 58.1 Å². The van der Waals surface area contributed by atoms with Gasteiger partial charge in [0.1, 0.15) is 17.4 Å². The summed E-state index contributed by atoms with van der Waals surface area (Å²) in [6.45, 7) is 1.80. The lowest BCUT2D eigenvalue weighted by atomic mass is 10.2. The maximum atomic E-state index is 13.4. The molecular formula is C23H24ClFN4O4. The fraction of sp³-hybridized carbons (Fsp3) is 0.261. The molecule has 10 heteroatoms. The predicted octanol–water partition coefficient (Wildman–Crippen LogP) is 3.32. The third-order valence-electron chi connectivity index (χ3n) is 4.96. The van der Waals surface area contributed by atoms with E-state index in [9.17, 15) is 18.8 Å². The smallest absolute Gasteiger partial charge is 0.330 e. The number of hydrogen-bond donors (Lipinski definition) is 2. The van der Waals surface area contributed by atoms with Gasteiger partial charge in [0.25, 0.3) is 11.5 Å². The van der Waals surface area contributed by atoms with Gasteiger partial charge in [-0.15, -0.1) is 0 Å². The molecule has 0 unspecified atom stereocenters. The summed E-state index contributed by atoms with van der Waals surface area (Å²) in [4.78, 5) is 41.6. The first kappa shape index (κ1) is 24.1. The standard InChI is InChI=1S/C23H24ClFN4O4/c1-2-3-11-28-21(26)20(22(31)27-23(28)32)29(13-15-7-5-4-6-8-15)19(30)14-33-16-9-10-18(25)17(24)12-16/h4-10,12H,2-3,11,13-14,26H2,1H3,(H,27,31,32). The van der Waals surface area contributed by atoms with Crippen LogP contribution in [0.25, 0.3) is 0 Å². The number of nitrogens with two attached hydrogens (primary N) is 1. The summed E-state index contributed by atoms with van der Waals surface area (Å²) < 4.78 is 20.1. The van der Waals surface area contributed by atoms with Crippen LogP contribution in [0.2, 0.25) is 5.02 Å². The number of carbonyl (C=O) groups is 1. The van der Waals surface area contributed by atoms with Crippen LogP contribution >= 0.6 is 11.6 Å². The third-order valence-corrected chi connectivity index (χ3v) is 5.25. The van der Waals surface area contributed by atoms with Crippen LogP contribution in [-0.4, -0.2) is 22.1 Å². The predicted molar refractivity (Wildman–Crippen MR) is 125 cm³/mol. The van der Waals surface area contributed by atoms with E-state index >= 15 is 0 Å². The van der Waals surface area contributed by atoms with Gasteiger partial charge in [0, 0.05) is 12.6 Å². The Hall–Kier alpha value is -3.59. The molecule has 0 radical (unpaired) electrons. The molecule has 8 nitrogen and oxygen atoms in total. The number of nitrogen functional groups attached to an aromatic ring is 1. The molecule has 2 aromatic carbocycles. The number of nitrogens with zero attached hydrogens (tertiary/aromatic N) is 2. The number of hydrogen-bond acceptors (Lipinski definition) is 5. The highest BCUT2D eigenvalue weighted by molar-refractivity contribution is 6.30. The van der Waals surface area contributed by atoms with Crippen LogP contribution in [0.1, 0.15) is 25.3 Å². The Kier molecular flexibility index (Phi) is 7.89. The number of H-pyrrole nitrogens is 1. The van der Waals surface area contributed by atoms with Gasteiger partial charge >= 0.3 is 5.69 Å². The largest absolute Gasteiger partial charge is 0.484 e. The molecule has 0 atom stereocenters. The Morgan fingerprint density at radius 2 is 1.94 bits per heavy atom. The number of anilines is 2. The highest BCUT2D eigenvalue weighted by atomic mass is 35.5. The first-order chi connectivity index (χ1) is 15.8. The number of carbonyl (C=O) groups excluding carboxylic acids is 1. The van der Waals surface area contributed by atoms with Crippen LogP contribution in [-0.2, 0) is 17.9 Å². The second-order valence-electron chi connectivity index (χ2n) is 7.33. The number of nitrogens with one attached hydrogen (secondary N) is 1. The van der Waals surface area contributed by atoms with Crippen LogP contribution < -0.4 is 26.6 Å². The average Bonchev–Trinajstić information content (AvgIpc) is 2.79. The summed E-state index contributed by atoms with van der Waals surface area (Å²) in [5.74, 6) is -1.12. The first-order valence-corrected chi connectivity index (χ1v) is 10.7. The van der Waals surface area contributed by atoms with E-state index in [2.05, 4.69) is 4.98 Å². The van der Waals surface area contributed by atoms with Crippen molar-refractivity contribution in [2.75, 3.05) is 17.2 Å². The van der Waals surface area contributed by atoms with Gasteiger partial charge in [-0.05, 0) is 24.1 Å². The first-order valence-electron chi connectivity index (χ1n) is 10.4. The van der Waals surface area contributed by atoms with Gasteiger partial charge in [0.2, 0.25) is 0 Å². The molecule has 3 aromatic rings. The van der Waals surface area contributed by atoms with Gasteiger partial charge < -0.3 is 10.5 Å². The van der Waals surface area contributed by atoms with Crippen molar-refractivity contribution < 1.29 is 13.9 Å². The molecule has 0 aliphatic heterocycles. The van der Waals surface area contributed by atoms with Gasteiger partial charge in [0.15, 0.2) is 12.3 Å². The molecule has 1 heterocycles. The Balaban J connectivity index is 1.97. The van der Waals surface area contributed by atoms with Crippen molar-refractivity contribution in [2.24, 2.45) is 0 Å². The minimum Gasteiger partial charge on any atom is -0.484 e. The number of aromatic amines is 1. The zero-order valence-electron chi connectivity index (χ0n) is 18.0. The van der Waals surface area contributed by atoms with Crippen LogP contribution in [0.3, 0.4) is 0 Å². The minimum absolute atomic E-state index is 0.0203. The van der Waals surface area contributed by atoms with Gasteiger partial charge in [0.05, 0.1) is 11.6 Å². The zero-order chi connectivity index (χ0) is 24.0. The molecule has 0 aliphatic carbocycles. The van der Waals surface area contributed by atoms with E-state index in [1.54, 1.807) is 24.3 Å². The summed E-state index contributed by atoms with van der Waals surface area (Å²) >= 11 is 5.77. The van der Waals surface area contributed by atoms with E-state index in [1.165, 1.54) is 21.6 Å². The third kappa shape index (κ3) is 5.81. The Morgan fingerprint density at radius 1 is 1.21 bits per heavy atom. The number of amides is 1. The number of unbranched alkanes of at least 4 members (excludes halogenated alkanes) is 1. The molecule has 33 heavy (non-hydrogen) atoms. The van der Waals surface area contributed by atoms with Crippen LogP contribution in [0, 0.1) is 5.82 Å². The fourth-order valence-corrected chi connectivity index (χ4v) is 3.39. The Labute approximate surface area is 194 Å². The molecule has 3 N–H and O–H groups in total. The van der Waals surface area contributed by atoms with E-state index in [1.807, 2.05) is 13.0 Å². The Bertz CT molecular complexity index is 1240. The monoisotopic (exact) mass is 474 g/mol. The van der Waals surface area contributed by atoms with E-state index < -0.39 is 29.6 Å². The molecule has 1 amide bonds. The van der Waals surface area contributed by atoms with Crippen molar-refractivity contribution in [3.05, 3.63) is 85.8 Å². The maximum Gasteiger partial charge on any atom is 0.330 e. The quantitative estimate of drug-likeness (QED) is 0.494. The molecule has 0 saturated carbocycles. The van der Waals surface area contributed by atoms with Crippen molar-refractivity contribution in [3.8, 4) is 5.75 Å². The van der Waals surface area contributed by atoms with Crippen molar-refractivity contribution in [1.29, 1.82) is 0 Å². The number of rotatable bonds is 9. The fourth-order valence-electron chi connectivity index (χ4n) is 3.22. The normalized spacial score (nSPS) is 10.8. The van der Waals surface area contributed by atoms with Crippen molar-refractivity contribution in [1.82, 2.24) is 9.55 Å². The molecule has 174 valence electrons. The highest BCUT2D eigenvalue weighted by Gasteiger charge is 2.25. The second kappa shape index (κ2) is 10.8. The molecule has 1 aromatic heterocycles. The van der Waals surface area contributed by atoms with Gasteiger partial charge in [-0.2, -0.15) is 0 Å². The zero-order valence-corrected chi connectivity index (χ0v) is 18.8. The van der Waals surface area contributed by atoms with E-state index in [4.69, 9.17) is 22.1 Å². The molecule has 0 spiro atoms. The van der Waals surface area contributed by atoms with Gasteiger partial charge in [-0.25, -0.2) is 9.18 Å². The molecule has 0 saturated heterocycles. The molecule has 3 rings (SSSR count). The molecule has 0 aliphatic rings. The maximum absolute atomic E-state index is 13.4. The lowest BCUT2D eigenvalue weighted by Gasteiger charge is -2.25. The van der Waals surface area contributed by atoms with Crippen molar-refractivity contribution in [3.63, 3.8) is 0 Å². The highest BCUT2D eigenvalue weighted by Crippen LogP contribution is 2.23. The number of benzene rings is 2. The van der Waals surface area contributed by atoms with Gasteiger partial charge in [-0.1, -0.05) is 55.3 Å². The average molecular weight is 475 g/mol. The lowest BCUT2D eigenvalue weighted by molar-refractivity contribution is -0.120. The van der Waals surface area contributed by atoms with Gasteiger partial charge in [-0.3, -0.25) is 24.0 Å². The molecule has 0 bridgehead atoms. The molecular weight excluding hydrogens is 451 g/mol. The summed E-state index contributed by atoms with van der Waals surface area (Å²) in [7, 11) is 0. The van der Waals surface area contributed by atoms with E-state index in [-0.39, 0.29) is 28.8 Å². The van der Waals surface area contributed by atoms with Crippen molar-refractivity contribution >= 4 is 29.0 Å². The minimum atomic E-state index is -0.778. The number of ether oxygens (including phenoxy) is 1. The Morgan fingerprint density at radius 3 is 2.61 bits per heavy atom. The summed E-state index contributed by atoms with van der Waals surface area (Å²) in [6.07, 6.45) is 1.47. The van der Waals surface area contributed by atoms with Crippen LogP contribution in [0.5, 0.6) is 5.75 Å². The topological polar surface area (TPSA) is 110 Å². The summed E-state index contributed by atoms with van der Waals surface area (Å²) in [5, 5.41) is -0.148. The van der Waals surface area contributed by atoms with E-state index in [0.717, 1.165) is 18.1 Å².